The van der Waals surface area contributed by atoms with E-state index in [0.717, 1.165) is 28.7 Å². The topological polar surface area (TPSA) is 68.0 Å². The second-order valence-electron chi connectivity index (χ2n) is 8.48. The molecule has 0 amide bonds. The lowest BCUT2D eigenvalue weighted by Gasteiger charge is -2.35. The van der Waals surface area contributed by atoms with Crippen molar-refractivity contribution in [2.75, 3.05) is 12.3 Å². The molecule has 0 aliphatic carbocycles. The molecule has 1 aromatic carbocycles. The van der Waals surface area contributed by atoms with E-state index in [0.29, 0.717) is 5.92 Å². The molecule has 7 heteroatoms. The molecule has 6 nitrogen and oxygen atoms in total. The number of benzene rings is 1. The third-order valence-electron chi connectivity index (χ3n) is 4.28. The van der Waals surface area contributed by atoms with Crippen molar-refractivity contribution in [3.63, 3.8) is 0 Å². The number of non-ortho nitro benzene ring substituents is 1. The molecule has 1 heterocycles. The minimum atomic E-state index is -0.374. The first-order valence-corrected chi connectivity index (χ1v) is 10.4. The number of hydrogen-bond donors (Lipinski definition) is 0. The Morgan fingerprint density at radius 2 is 2.04 bits per heavy atom. The van der Waals surface area contributed by atoms with E-state index in [1.807, 2.05) is 6.92 Å². The van der Waals surface area contributed by atoms with E-state index in [4.69, 9.17) is 9.73 Å². The minimum Gasteiger partial charge on any atom is -0.371 e. The molecule has 1 saturated heterocycles. The second kappa shape index (κ2) is 8.61. The normalized spacial score (nSPS) is 20.5. The Morgan fingerprint density at radius 3 is 2.56 bits per heavy atom. The maximum Gasteiger partial charge on any atom is 0.269 e. The minimum absolute atomic E-state index is 0.0851. The van der Waals surface area contributed by atoms with Gasteiger partial charge in [-0.05, 0) is 52.2 Å². The first-order valence-electron chi connectivity index (χ1n) is 9.39. The summed E-state index contributed by atoms with van der Waals surface area (Å²) < 4.78 is 6.21. The number of nitro benzene ring substituents is 1. The highest BCUT2D eigenvalue weighted by Crippen LogP contribution is 2.33. The highest BCUT2D eigenvalue weighted by molar-refractivity contribution is 8.14. The van der Waals surface area contributed by atoms with Gasteiger partial charge in [0.2, 0.25) is 0 Å². The fourth-order valence-electron chi connectivity index (χ4n) is 3.18. The fraction of sp³-hybridized carbons (Fsp3) is 0.650. The average molecular weight is 394 g/mol. The number of rotatable bonds is 6. The molecule has 0 bridgehead atoms. The van der Waals surface area contributed by atoms with Crippen LogP contribution in [-0.2, 0) is 4.74 Å². The summed E-state index contributed by atoms with van der Waals surface area (Å²) >= 11 is 1.73. The van der Waals surface area contributed by atoms with E-state index in [9.17, 15) is 10.1 Å². The molecule has 0 N–H and O–H groups in total. The molecule has 1 aromatic rings. The SMILES string of the molecule is Cc1cc([N+](=O)[O-])ccc1N=C1SCC([C@@H](C)OC(C)(C)C)N1CC(C)C. The summed E-state index contributed by atoms with van der Waals surface area (Å²) in [6, 6.07) is 5.08. The predicted molar refractivity (Wildman–Crippen MR) is 113 cm³/mol. The van der Waals surface area contributed by atoms with Crippen LogP contribution in [0.3, 0.4) is 0 Å². The molecule has 2 atom stereocenters. The molecule has 2 rings (SSSR count). The number of nitro groups is 1. The average Bonchev–Trinajstić information content (AvgIpc) is 2.89. The van der Waals surface area contributed by atoms with Crippen molar-refractivity contribution in [1.82, 2.24) is 4.90 Å². The molecule has 0 aromatic heterocycles. The van der Waals surface area contributed by atoms with Crippen LogP contribution in [0, 0.1) is 23.0 Å². The summed E-state index contributed by atoms with van der Waals surface area (Å²) in [5.74, 6) is 1.42. The van der Waals surface area contributed by atoms with Gasteiger partial charge in [0.25, 0.3) is 5.69 Å². The quantitative estimate of drug-likeness (QED) is 0.493. The van der Waals surface area contributed by atoms with Crippen molar-refractivity contribution in [2.45, 2.75) is 66.2 Å². The summed E-state index contributed by atoms with van der Waals surface area (Å²) in [5.41, 5.74) is 1.49. The summed E-state index contributed by atoms with van der Waals surface area (Å²) in [7, 11) is 0. The van der Waals surface area contributed by atoms with Crippen LogP contribution in [0.25, 0.3) is 0 Å². The van der Waals surface area contributed by atoms with Crippen LogP contribution in [0.1, 0.15) is 47.1 Å². The van der Waals surface area contributed by atoms with Crippen molar-refractivity contribution < 1.29 is 9.66 Å². The maximum atomic E-state index is 11.0. The lowest BCUT2D eigenvalue weighted by molar-refractivity contribution is -0.384. The van der Waals surface area contributed by atoms with Crippen LogP contribution in [0.15, 0.2) is 23.2 Å². The van der Waals surface area contributed by atoms with E-state index in [2.05, 4.69) is 46.4 Å². The smallest absolute Gasteiger partial charge is 0.269 e. The van der Waals surface area contributed by atoms with Gasteiger partial charge < -0.3 is 9.64 Å². The van der Waals surface area contributed by atoms with Crippen LogP contribution in [0.4, 0.5) is 11.4 Å². The summed E-state index contributed by atoms with van der Waals surface area (Å²) in [4.78, 5) is 17.8. The van der Waals surface area contributed by atoms with Crippen molar-refractivity contribution in [1.29, 1.82) is 0 Å². The highest BCUT2D eigenvalue weighted by Gasteiger charge is 2.36. The number of aryl methyl sites for hydroxylation is 1. The van der Waals surface area contributed by atoms with Gasteiger partial charge >= 0.3 is 0 Å². The number of thioether (sulfide) groups is 1. The van der Waals surface area contributed by atoms with Gasteiger partial charge in [-0.1, -0.05) is 25.6 Å². The Balaban J connectivity index is 2.29. The largest absolute Gasteiger partial charge is 0.371 e. The number of nitrogens with zero attached hydrogens (tertiary/aromatic N) is 3. The van der Waals surface area contributed by atoms with E-state index in [1.54, 1.807) is 23.9 Å². The van der Waals surface area contributed by atoms with Crippen LogP contribution in [0.5, 0.6) is 0 Å². The molecule has 1 unspecified atom stereocenters. The maximum absolute atomic E-state index is 11.0. The highest BCUT2D eigenvalue weighted by atomic mass is 32.2. The van der Waals surface area contributed by atoms with Gasteiger partial charge in [-0.25, -0.2) is 4.99 Å². The zero-order valence-corrected chi connectivity index (χ0v) is 18.2. The van der Waals surface area contributed by atoms with Crippen LogP contribution in [0.2, 0.25) is 0 Å². The number of hydrogen-bond acceptors (Lipinski definition) is 5. The Morgan fingerprint density at radius 1 is 1.37 bits per heavy atom. The second-order valence-corrected chi connectivity index (χ2v) is 9.47. The van der Waals surface area contributed by atoms with E-state index >= 15 is 0 Å². The van der Waals surface area contributed by atoms with Crippen LogP contribution < -0.4 is 0 Å². The summed E-state index contributed by atoms with van der Waals surface area (Å²) in [5, 5.41) is 11.9. The Kier molecular flexibility index (Phi) is 6.92. The van der Waals surface area contributed by atoms with Crippen LogP contribution in [-0.4, -0.2) is 45.0 Å². The molecule has 0 spiro atoms. The van der Waals surface area contributed by atoms with Crippen molar-refractivity contribution >= 4 is 28.3 Å². The van der Waals surface area contributed by atoms with Gasteiger partial charge in [-0.3, -0.25) is 10.1 Å². The molecule has 150 valence electrons. The van der Waals surface area contributed by atoms with Crippen LogP contribution >= 0.6 is 11.8 Å². The van der Waals surface area contributed by atoms with Gasteiger partial charge in [0.1, 0.15) is 0 Å². The van der Waals surface area contributed by atoms with E-state index in [-0.39, 0.29) is 28.4 Å². The Labute approximate surface area is 166 Å². The zero-order chi connectivity index (χ0) is 20.4. The van der Waals surface area contributed by atoms with Crippen molar-refractivity contribution in [2.24, 2.45) is 10.9 Å². The lowest BCUT2D eigenvalue weighted by atomic mass is 10.1. The van der Waals surface area contributed by atoms with E-state index in [1.165, 1.54) is 6.07 Å². The molecule has 0 radical (unpaired) electrons. The van der Waals surface area contributed by atoms with Crippen molar-refractivity contribution in [3.8, 4) is 0 Å². The summed E-state index contributed by atoms with van der Waals surface area (Å²) in [6.45, 7) is 15.5. The number of amidine groups is 1. The molecular formula is C20H31N3O3S. The third kappa shape index (κ3) is 5.94. The molecule has 0 saturated carbocycles. The zero-order valence-electron chi connectivity index (χ0n) is 17.4. The monoisotopic (exact) mass is 393 g/mol. The first kappa shape index (κ1) is 21.7. The standard InChI is InChI=1S/C20H31N3O3S/c1-13(2)11-22-18(15(4)26-20(5,6)7)12-27-19(22)21-17-9-8-16(23(24)25)10-14(17)3/h8-10,13,15,18H,11-12H2,1-7H3/t15-,18?/m1/s1. The number of ether oxygens (including phenoxy) is 1. The molecule has 1 aliphatic heterocycles. The van der Waals surface area contributed by atoms with Gasteiger partial charge in [0.05, 0.1) is 28.4 Å². The van der Waals surface area contributed by atoms with Gasteiger partial charge in [-0.15, -0.1) is 0 Å². The van der Waals surface area contributed by atoms with Gasteiger partial charge in [0.15, 0.2) is 5.17 Å². The molecule has 27 heavy (non-hydrogen) atoms. The molecule has 1 fully saturated rings. The first-order chi connectivity index (χ1) is 12.5. The predicted octanol–water partition coefficient (Wildman–Crippen LogP) is 5.17. The molecular weight excluding hydrogens is 362 g/mol. The summed E-state index contributed by atoms with van der Waals surface area (Å²) in [6.07, 6.45) is 0.0851. The van der Waals surface area contributed by atoms with Gasteiger partial charge in [0, 0.05) is 24.4 Å². The fourth-order valence-corrected chi connectivity index (χ4v) is 4.49. The third-order valence-corrected chi connectivity index (χ3v) is 5.37. The van der Waals surface area contributed by atoms with E-state index < -0.39 is 0 Å². The van der Waals surface area contributed by atoms with Gasteiger partial charge in [-0.2, -0.15) is 0 Å². The Hall–Kier alpha value is -1.60. The Bertz CT molecular complexity index is 713. The van der Waals surface area contributed by atoms with Crippen molar-refractivity contribution in [3.05, 3.63) is 33.9 Å². The molecule has 1 aliphatic rings. The number of aliphatic imine (C=N–C) groups is 1. The lowest BCUT2D eigenvalue weighted by Crippen LogP contribution is -2.46.